The van der Waals surface area contributed by atoms with E-state index >= 15 is 0 Å². The Balaban J connectivity index is 1.98. The molecule has 2 rings (SSSR count). The molecule has 0 aliphatic carbocycles. The highest BCUT2D eigenvalue weighted by molar-refractivity contribution is 7.91. The molecule has 1 amide bonds. The van der Waals surface area contributed by atoms with Gasteiger partial charge in [-0.3, -0.25) is 4.79 Å². The van der Waals surface area contributed by atoms with Gasteiger partial charge in [-0.05, 0) is 50.6 Å². The average Bonchev–Trinajstić information content (AvgIpc) is 2.49. The number of piperidine rings is 1. The third-order valence-electron chi connectivity index (χ3n) is 4.18. The number of carbonyl (C=O) groups excluding carboxylic acids is 1. The van der Waals surface area contributed by atoms with E-state index in [-0.39, 0.29) is 28.6 Å². The van der Waals surface area contributed by atoms with E-state index in [0.29, 0.717) is 0 Å². The molecule has 0 aromatic heterocycles. The second kappa shape index (κ2) is 7.40. The highest BCUT2D eigenvalue weighted by Gasteiger charge is 2.27. The van der Waals surface area contributed by atoms with E-state index in [1.54, 1.807) is 6.92 Å². The largest absolute Gasteiger partial charge is 0.352 e. The van der Waals surface area contributed by atoms with Gasteiger partial charge in [-0.15, -0.1) is 0 Å². The van der Waals surface area contributed by atoms with Gasteiger partial charge in [-0.1, -0.05) is 6.92 Å². The molecule has 0 bridgehead atoms. The van der Waals surface area contributed by atoms with Gasteiger partial charge in [0.25, 0.3) is 0 Å². The number of amides is 1. The summed E-state index contributed by atoms with van der Waals surface area (Å²) in [5.41, 5.74) is 0. The minimum absolute atomic E-state index is 0.0206. The van der Waals surface area contributed by atoms with Crippen LogP contribution in [0.2, 0.25) is 0 Å². The summed E-state index contributed by atoms with van der Waals surface area (Å²) >= 11 is 0. The molecule has 3 atom stereocenters. The number of nitrogens with one attached hydrogen (secondary N) is 2. The number of halogens is 1. The third-order valence-corrected chi connectivity index (χ3v) is 6.11. The quantitative estimate of drug-likeness (QED) is 0.795. The lowest BCUT2D eigenvalue weighted by atomic mass is 9.99. The molecule has 1 aliphatic rings. The molecule has 128 valence electrons. The summed E-state index contributed by atoms with van der Waals surface area (Å²) in [6, 6.07) is 4.85. The van der Waals surface area contributed by atoms with Crippen molar-refractivity contribution in [2.24, 2.45) is 5.92 Å². The van der Waals surface area contributed by atoms with Crippen LogP contribution in [0.15, 0.2) is 29.2 Å². The molecule has 1 aromatic carbocycles. The minimum Gasteiger partial charge on any atom is -0.352 e. The fourth-order valence-corrected chi connectivity index (χ4v) is 4.26. The van der Waals surface area contributed by atoms with Crippen LogP contribution in [0.4, 0.5) is 4.39 Å². The number of carbonyl (C=O) groups is 1. The van der Waals surface area contributed by atoms with Gasteiger partial charge in [0.15, 0.2) is 9.84 Å². The van der Waals surface area contributed by atoms with Crippen LogP contribution in [0, 0.1) is 11.7 Å². The van der Waals surface area contributed by atoms with Crippen LogP contribution in [0.5, 0.6) is 0 Å². The maximum absolute atomic E-state index is 12.9. The number of hydrogen-bond acceptors (Lipinski definition) is 4. The Bertz CT molecular complexity index is 646. The molecule has 1 fully saturated rings. The van der Waals surface area contributed by atoms with E-state index in [1.807, 2.05) is 6.92 Å². The van der Waals surface area contributed by atoms with Crippen molar-refractivity contribution in [3.8, 4) is 0 Å². The Kier molecular flexibility index (Phi) is 5.75. The maximum Gasteiger partial charge on any atom is 0.224 e. The van der Waals surface area contributed by atoms with Crippen molar-refractivity contribution in [3.63, 3.8) is 0 Å². The van der Waals surface area contributed by atoms with Crippen molar-refractivity contribution in [2.45, 2.75) is 43.7 Å². The van der Waals surface area contributed by atoms with Gasteiger partial charge in [-0.25, -0.2) is 12.8 Å². The average molecular weight is 342 g/mol. The van der Waals surface area contributed by atoms with Crippen molar-refractivity contribution < 1.29 is 17.6 Å². The molecule has 2 N–H and O–H groups in total. The van der Waals surface area contributed by atoms with Crippen LogP contribution in [0.25, 0.3) is 0 Å². The zero-order chi connectivity index (χ0) is 17.0. The molecule has 0 radical (unpaired) electrons. The minimum atomic E-state index is -3.62. The molecular weight excluding hydrogens is 319 g/mol. The van der Waals surface area contributed by atoms with Crippen molar-refractivity contribution in [3.05, 3.63) is 30.1 Å². The zero-order valence-electron chi connectivity index (χ0n) is 13.4. The van der Waals surface area contributed by atoms with E-state index in [9.17, 15) is 17.6 Å². The van der Waals surface area contributed by atoms with Gasteiger partial charge in [0, 0.05) is 18.0 Å². The van der Waals surface area contributed by atoms with Crippen LogP contribution in [-0.4, -0.2) is 38.7 Å². The Labute approximate surface area is 136 Å². The van der Waals surface area contributed by atoms with Crippen molar-refractivity contribution in [1.29, 1.82) is 0 Å². The van der Waals surface area contributed by atoms with Gasteiger partial charge < -0.3 is 10.6 Å². The van der Waals surface area contributed by atoms with E-state index in [0.717, 1.165) is 31.5 Å². The second-order valence-electron chi connectivity index (χ2n) is 6.14. The first-order valence-electron chi connectivity index (χ1n) is 7.81. The smallest absolute Gasteiger partial charge is 0.224 e. The summed E-state index contributed by atoms with van der Waals surface area (Å²) in [6.45, 7) is 4.53. The van der Waals surface area contributed by atoms with Crippen molar-refractivity contribution >= 4 is 15.7 Å². The molecule has 1 saturated heterocycles. The Morgan fingerprint density at radius 1 is 1.39 bits per heavy atom. The molecule has 23 heavy (non-hydrogen) atoms. The van der Waals surface area contributed by atoms with Crippen LogP contribution < -0.4 is 10.6 Å². The molecule has 0 spiro atoms. The molecule has 1 aliphatic heterocycles. The second-order valence-corrected chi connectivity index (χ2v) is 8.17. The van der Waals surface area contributed by atoms with Crippen LogP contribution in [-0.2, 0) is 14.6 Å². The standard InChI is InChI=1S/C16H23FN2O3S/c1-11(16(20)19-15-4-3-9-18-12(15)2)10-23(21,22)14-7-5-13(17)6-8-14/h5-8,11-12,15,18H,3-4,9-10H2,1-2H3,(H,19,20). The van der Waals surface area contributed by atoms with Gasteiger partial charge in [0.1, 0.15) is 5.82 Å². The molecule has 0 saturated carbocycles. The summed E-state index contributed by atoms with van der Waals surface area (Å²) < 4.78 is 37.5. The normalized spacial score (nSPS) is 23.3. The third kappa shape index (κ3) is 4.75. The molecule has 3 unspecified atom stereocenters. The molecule has 5 nitrogen and oxygen atoms in total. The molecular formula is C16H23FN2O3S. The summed E-state index contributed by atoms with van der Waals surface area (Å²) in [7, 11) is -3.62. The molecule has 1 heterocycles. The van der Waals surface area contributed by atoms with E-state index in [1.165, 1.54) is 12.1 Å². The highest BCUT2D eigenvalue weighted by atomic mass is 32.2. The number of benzene rings is 1. The van der Waals surface area contributed by atoms with Gasteiger partial charge in [-0.2, -0.15) is 0 Å². The Morgan fingerprint density at radius 3 is 2.65 bits per heavy atom. The monoisotopic (exact) mass is 342 g/mol. The predicted molar refractivity (Wildman–Crippen MR) is 86.2 cm³/mol. The Hall–Kier alpha value is -1.47. The fourth-order valence-electron chi connectivity index (χ4n) is 2.71. The van der Waals surface area contributed by atoms with Crippen LogP contribution in [0.1, 0.15) is 26.7 Å². The lowest BCUT2D eigenvalue weighted by Gasteiger charge is -2.31. The predicted octanol–water partition coefficient (Wildman–Crippen LogP) is 1.49. The van der Waals surface area contributed by atoms with Crippen LogP contribution in [0.3, 0.4) is 0 Å². The first-order valence-corrected chi connectivity index (χ1v) is 9.47. The van der Waals surface area contributed by atoms with Gasteiger partial charge in [0.2, 0.25) is 5.91 Å². The van der Waals surface area contributed by atoms with Gasteiger partial charge in [0.05, 0.1) is 10.6 Å². The zero-order valence-corrected chi connectivity index (χ0v) is 14.2. The Morgan fingerprint density at radius 2 is 2.04 bits per heavy atom. The van der Waals surface area contributed by atoms with E-state index in [4.69, 9.17) is 0 Å². The highest BCUT2D eigenvalue weighted by Crippen LogP contribution is 2.16. The summed E-state index contributed by atoms with van der Waals surface area (Å²) in [5.74, 6) is -1.72. The van der Waals surface area contributed by atoms with E-state index < -0.39 is 21.6 Å². The summed E-state index contributed by atoms with van der Waals surface area (Å²) in [6.07, 6.45) is 1.87. The number of rotatable bonds is 5. The first kappa shape index (κ1) is 17.9. The topological polar surface area (TPSA) is 75.3 Å². The maximum atomic E-state index is 12.9. The lowest BCUT2D eigenvalue weighted by Crippen LogP contribution is -2.53. The van der Waals surface area contributed by atoms with Crippen molar-refractivity contribution in [1.82, 2.24) is 10.6 Å². The fraction of sp³-hybridized carbons (Fsp3) is 0.562. The van der Waals surface area contributed by atoms with E-state index in [2.05, 4.69) is 10.6 Å². The summed E-state index contributed by atoms with van der Waals surface area (Å²) in [4.78, 5) is 12.3. The number of hydrogen-bond donors (Lipinski definition) is 2. The van der Waals surface area contributed by atoms with Crippen molar-refractivity contribution in [2.75, 3.05) is 12.3 Å². The first-order chi connectivity index (χ1) is 10.8. The van der Waals surface area contributed by atoms with Crippen LogP contribution >= 0.6 is 0 Å². The molecule has 7 heteroatoms. The molecule has 1 aromatic rings. The van der Waals surface area contributed by atoms with Gasteiger partial charge >= 0.3 is 0 Å². The number of sulfone groups is 1. The lowest BCUT2D eigenvalue weighted by molar-refractivity contribution is -0.125. The summed E-state index contributed by atoms with van der Waals surface area (Å²) in [5, 5.41) is 6.21. The SMILES string of the molecule is CC(CS(=O)(=O)c1ccc(F)cc1)C(=O)NC1CCCNC1C.